The van der Waals surface area contributed by atoms with E-state index < -0.39 is 56.6 Å². The van der Waals surface area contributed by atoms with E-state index in [0.717, 1.165) is 22.3 Å². The van der Waals surface area contributed by atoms with Gasteiger partial charge in [0.2, 0.25) is 11.8 Å². The second-order valence-corrected chi connectivity index (χ2v) is 14.4. The number of nitrogens with one attached hydrogen (secondary N) is 1. The summed E-state index contributed by atoms with van der Waals surface area (Å²) < 4.78 is 3.70. The summed E-state index contributed by atoms with van der Waals surface area (Å²) >= 11 is 3.74. The molecule has 5 atom stereocenters. The number of benzene rings is 2. The maximum Gasteiger partial charge on any atom is 0.408 e. The fourth-order valence-electron chi connectivity index (χ4n) is 7.40. The minimum atomic E-state index is -1.48. The van der Waals surface area contributed by atoms with Crippen LogP contribution in [-0.2, 0) is 23.9 Å². The zero-order chi connectivity index (χ0) is 32.2. The Bertz CT molecular complexity index is 1570. The molecule has 0 aromatic heterocycles. The van der Waals surface area contributed by atoms with Gasteiger partial charge in [0.15, 0.2) is 5.78 Å². The number of aliphatic carboxylic acids is 1. The first-order valence-corrected chi connectivity index (χ1v) is 15.6. The van der Waals surface area contributed by atoms with Crippen molar-refractivity contribution in [3.05, 3.63) is 71.8 Å². The number of Topliss-reactive ketones (excluding diaryl/α,β-unsaturated/α-hetero) is 1. The van der Waals surface area contributed by atoms with Crippen molar-refractivity contribution in [1.29, 1.82) is 0 Å². The Morgan fingerprint density at radius 1 is 0.955 bits per heavy atom. The van der Waals surface area contributed by atoms with Crippen molar-refractivity contribution in [1.82, 2.24) is 10.2 Å². The SMILES string of the molecule is CC(C)(C)OC(=O)NC(CCCCN1C(=O)C2C3(C)C(=O)C(C)(C(c4ccccc4)=C3c3ccccc3)C2(Br)C1=O)C(=O)O. The molecule has 2 aliphatic carbocycles. The van der Waals surface area contributed by atoms with Crippen molar-refractivity contribution in [2.45, 2.75) is 69.8 Å². The van der Waals surface area contributed by atoms with E-state index >= 15 is 0 Å². The van der Waals surface area contributed by atoms with Crippen molar-refractivity contribution in [3.8, 4) is 0 Å². The van der Waals surface area contributed by atoms with Crippen LogP contribution in [0.3, 0.4) is 0 Å². The molecule has 2 fully saturated rings. The van der Waals surface area contributed by atoms with Crippen LogP contribution in [0.15, 0.2) is 60.7 Å². The molecule has 0 spiro atoms. The van der Waals surface area contributed by atoms with Gasteiger partial charge < -0.3 is 15.2 Å². The Morgan fingerprint density at radius 2 is 1.50 bits per heavy atom. The fraction of sp³-hybridized carbons (Fsp3) is 0.441. The van der Waals surface area contributed by atoms with Gasteiger partial charge in [0.1, 0.15) is 16.0 Å². The summed E-state index contributed by atoms with van der Waals surface area (Å²) in [7, 11) is 0. The van der Waals surface area contributed by atoms with Crippen LogP contribution in [0.25, 0.3) is 11.1 Å². The van der Waals surface area contributed by atoms with Gasteiger partial charge in [-0.2, -0.15) is 0 Å². The van der Waals surface area contributed by atoms with Gasteiger partial charge in [0.25, 0.3) is 0 Å². The third-order valence-electron chi connectivity index (χ3n) is 9.21. The van der Waals surface area contributed by atoms with Crippen molar-refractivity contribution in [3.63, 3.8) is 0 Å². The number of fused-ring (bicyclic) bond motifs is 5. The van der Waals surface area contributed by atoms with Crippen LogP contribution in [-0.4, -0.2) is 62.2 Å². The highest BCUT2D eigenvalue weighted by Gasteiger charge is 2.85. The number of halogens is 1. The van der Waals surface area contributed by atoms with Crippen molar-refractivity contribution in [2.24, 2.45) is 16.7 Å². The summed E-state index contributed by atoms with van der Waals surface area (Å²) in [5, 5.41) is 12.0. The Hall–Kier alpha value is -3.79. The smallest absolute Gasteiger partial charge is 0.408 e. The highest BCUT2D eigenvalue weighted by molar-refractivity contribution is 9.10. The largest absolute Gasteiger partial charge is 0.480 e. The molecular weight excluding hydrogens is 628 g/mol. The number of carboxylic acid groups (broad SMARTS) is 1. The molecule has 3 amide bonds. The molecule has 1 heterocycles. The number of nitrogens with zero attached hydrogens (tertiary/aromatic N) is 1. The standard InChI is InChI=1S/C34H37BrN2O7/c1-31(2,3)44-30(43)36-22(27(39)40)18-12-13-19-37-26(38)25-32(4)23(20-14-8-6-9-15-20)24(21-16-10-7-11-17-21)33(5,28(32)41)34(25,35)29(37)42/h6-11,14-17,22,25H,12-13,18-19H2,1-5H3,(H,36,43)(H,39,40). The van der Waals surface area contributed by atoms with Crippen LogP contribution < -0.4 is 5.32 Å². The molecule has 0 radical (unpaired) electrons. The lowest BCUT2D eigenvalue weighted by Gasteiger charge is -2.41. The summed E-state index contributed by atoms with van der Waals surface area (Å²) in [5.74, 6) is -3.21. The lowest BCUT2D eigenvalue weighted by molar-refractivity contribution is -0.144. The average Bonchev–Trinajstić information content (AvgIpc) is 3.34. The molecule has 5 rings (SSSR count). The number of ether oxygens (including phenoxy) is 1. The normalized spacial score (nSPS) is 28.4. The number of rotatable bonds is 9. The second-order valence-electron chi connectivity index (χ2n) is 13.1. The third kappa shape index (κ3) is 4.60. The molecule has 2 aromatic carbocycles. The molecule has 2 bridgehead atoms. The molecule has 1 saturated heterocycles. The predicted molar refractivity (Wildman–Crippen MR) is 167 cm³/mol. The van der Waals surface area contributed by atoms with Crippen LogP contribution in [0.1, 0.15) is 65.0 Å². The lowest BCUT2D eigenvalue weighted by atomic mass is 9.63. The molecule has 3 aliphatic rings. The van der Waals surface area contributed by atoms with Crippen LogP contribution >= 0.6 is 15.9 Å². The highest BCUT2D eigenvalue weighted by Crippen LogP contribution is 2.77. The molecule has 1 aliphatic heterocycles. The van der Waals surface area contributed by atoms with Crippen molar-refractivity contribution in [2.75, 3.05) is 6.54 Å². The van der Waals surface area contributed by atoms with Gasteiger partial charge in [-0.3, -0.25) is 19.3 Å². The number of hydrogen-bond acceptors (Lipinski definition) is 6. The Kier molecular flexibility index (Phi) is 7.89. The van der Waals surface area contributed by atoms with E-state index in [1.54, 1.807) is 34.6 Å². The number of allylic oxidation sites excluding steroid dienone is 2. The first kappa shape index (κ1) is 31.6. The number of carboxylic acids is 1. The summed E-state index contributed by atoms with van der Waals surface area (Å²) in [6.07, 6.45) is -0.111. The zero-order valence-corrected chi connectivity index (χ0v) is 27.1. The number of likely N-dealkylation sites (tertiary alicyclic amines) is 1. The zero-order valence-electron chi connectivity index (χ0n) is 25.5. The van der Waals surface area contributed by atoms with E-state index in [0.29, 0.717) is 12.8 Å². The van der Waals surface area contributed by atoms with E-state index in [4.69, 9.17) is 4.74 Å². The summed E-state index contributed by atoms with van der Waals surface area (Å²) in [5.41, 5.74) is -0.223. The van der Waals surface area contributed by atoms with Crippen LogP contribution in [0, 0.1) is 16.7 Å². The molecule has 2 N–H and O–H groups in total. The van der Waals surface area contributed by atoms with Gasteiger partial charge in [-0.1, -0.05) is 76.6 Å². The number of hydrogen-bond donors (Lipinski definition) is 2. The van der Waals surface area contributed by atoms with Gasteiger partial charge in [-0.15, -0.1) is 0 Å². The van der Waals surface area contributed by atoms with Gasteiger partial charge in [-0.25, -0.2) is 9.59 Å². The molecule has 10 heteroatoms. The van der Waals surface area contributed by atoms with Crippen molar-refractivity contribution < 1.29 is 33.8 Å². The summed E-state index contributed by atoms with van der Waals surface area (Å²) in [6.45, 7) is 8.66. The van der Waals surface area contributed by atoms with Gasteiger partial charge >= 0.3 is 12.1 Å². The van der Waals surface area contributed by atoms with Crippen molar-refractivity contribution >= 4 is 56.7 Å². The first-order valence-electron chi connectivity index (χ1n) is 14.8. The van der Waals surface area contributed by atoms with E-state index in [2.05, 4.69) is 21.2 Å². The maximum absolute atomic E-state index is 14.5. The van der Waals surface area contributed by atoms with Gasteiger partial charge in [0.05, 0.1) is 16.7 Å². The van der Waals surface area contributed by atoms with Crippen LogP contribution in [0.5, 0.6) is 0 Å². The van der Waals surface area contributed by atoms with Gasteiger partial charge in [-0.05, 0) is 76.2 Å². The molecular formula is C34H37BrN2O7. The van der Waals surface area contributed by atoms with E-state index in [-0.39, 0.29) is 18.7 Å². The topological polar surface area (TPSA) is 130 Å². The summed E-state index contributed by atoms with van der Waals surface area (Å²) in [6, 6.07) is 17.9. The molecule has 1 saturated carbocycles. The number of alkyl carbamates (subject to hydrolysis) is 1. The number of carbonyl (C=O) groups excluding carboxylic acids is 4. The first-order chi connectivity index (χ1) is 20.6. The summed E-state index contributed by atoms with van der Waals surface area (Å²) in [4.78, 5) is 68.0. The number of amides is 3. The monoisotopic (exact) mass is 664 g/mol. The highest BCUT2D eigenvalue weighted by atomic mass is 79.9. The Balaban J connectivity index is 1.42. The second kappa shape index (κ2) is 11.0. The molecule has 5 unspecified atom stereocenters. The average molecular weight is 666 g/mol. The third-order valence-corrected chi connectivity index (χ3v) is 10.8. The molecule has 2 aromatic rings. The molecule has 44 heavy (non-hydrogen) atoms. The number of carbonyl (C=O) groups is 5. The fourth-order valence-corrected chi connectivity index (χ4v) is 8.64. The number of unbranched alkanes of at least 4 members (excludes halogenated alkanes) is 1. The van der Waals surface area contributed by atoms with E-state index in [9.17, 15) is 29.1 Å². The van der Waals surface area contributed by atoms with E-state index in [1.807, 2.05) is 60.7 Å². The molecule has 232 valence electrons. The van der Waals surface area contributed by atoms with Crippen LogP contribution in [0.4, 0.5) is 4.79 Å². The van der Waals surface area contributed by atoms with E-state index in [1.165, 1.54) is 4.90 Å². The maximum atomic E-state index is 14.5. The Labute approximate surface area is 265 Å². The number of ketones is 1. The lowest BCUT2D eigenvalue weighted by Crippen LogP contribution is -2.50. The minimum absolute atomic E-state index is 0.0575. The predicted octanol–water partition coefficient (Wildman–Crippen LogP) is 5.47. The quantitative estimate of drug-likeness (QED) is 0.206. The Morgan fingerprint density at radius 3 is 2.02 bits per heavy atom. The van der Waals surface area contributed by atoms with Crippen LogP contribution in [0.2, 0.25) is 0 Å². The molecule has 9 nitrogen and oxygen atoms in total. The number of imide groups is 1. The minimum Gasteiger partial charge on any atom is -0.480 e. The number of alkyl halides is 1. The van der Waals surface area contributed by atoms with Gasteiger partial charge in [0, 0.05) is 6.54 Å².